The smallest absolute Gasteiger partial charge is 0.263 e. The molecule has 6 heterocycles. The van der Waals surface area contributed by atoms with Gasteiger partial charge in [-0.2, -0.15) is 4.98 Å². The Kier molecular flexibility index (Phi) is 12.7. The number of aromatic nitrogens is 4. The fraction of sp³-hybridized carbons (Fsp3) is 0.451. The van der Waals surface area contributed by atoms with Crippen molar-refractivity contribution in [3.8, 4) is 5.75 Å². The van der Waals surface area contributed by atoms with Gasteiger partial charge in [0.15, 0.2) is 0 Å². The van der Waals surface area contributed by atoms with E-state index in [0.29, 0.717) is 60.0 Å². The van der Waals surface area contributed by atoms with Crippen LogP contribution in [0.25, 0.3) is 16.8 Å². The van der Waals surface area contributed by atoms with E-state index in [1.165, 1.54) is 4.90 Å². The van der Waals surface area contributed by atoms with Crippen LogP contribution in [0.3, 0.4) is 0 Å². The molecule has 0 radical (unpaired) electrons. The Morgan fingerprint density at radius 3 is 2.19 bits per heavy atom. The summed E-state index contributed by atoms with van der Waals surface area (Å²) in [4.78, 5) is 61.3. The van der Waals surface area contributed by atoms with Crippen molar-refractivity contribution in [2.45, 2.75) is 96.6 Å². The lowest BCUT2D eigenvalue weighted by atomic mass is 9.78. The molecule has 13 heteroatoms. The quantitative estimate of drug-likeness (QED) is 0.0898. The van der Waals surface area contributed by atoms with Gasteiger partial charge in [0.05, 0.1) is 43.6 Å². The van der Waals surface area contributed by atoms with Gasteiger partial charge in [0.2, 0.25) is 17.8 Å². The van der Waals surface area contributed by atoms with Crippen molar-refractivity contribution in [3.63, 3.8) is 0 Å². The minimum absolute atomic E-state index is 0.0738. The van der Waals surface area contributed by atoms with E-state index in [1.807, 2.05) is 61.0 Å². The summed E-state index contributed by atoms with van der Waals surface area (Å²) in [5, 5.41) is 4.11. The molecule has 4 aliphatic rings. The number of piperidine rings is 3. The number of nitrogens with one attached hydrogen (secondary N) is 1. The van der Waals surface area contributed by atoms with E-state index in [9.17, 15) is 14.4 Å². The predicted octanol–water partition coefficient (Wildman–Crippen LogP) is 8.94. The zero-order valence-electron chi connectivity index (χ0n) is 37.4. The zero-order valence-corrected chi connectivity index (χ0v) is 37.4. The predicted molar refractivity (Wildman–Crippen MR) is 251 cm³/mol. The Morgan fingerprint density at radius 1 is 0.828 bits per heavy atom. The average molecular weight is 865 g/mol. The second kappa shape index (κ2) is 18.8. The number of anilines is 4. The molecule has 2 amide bonds. The summed E-state index contributed by atoms with van der Waals surface area (Å²) in [6.45, 7) is 12.6. The van der Waals surface area contributed by atoms with Gasteiger partial charge in [-0.1, -0.05) is 43.7 Å². The molecule has 9 rings (SSSR count). The SMILES string of the molecule is C=C(OCC)c1c(C)c2cnc(Nc3ccc(N4CCC(C5CCN(c6cccc(C7CCC(=O)N(Cc8ccc(OC)cc8)C7=O)c6)CC5)CC4)cn3)nc2n(C2CCCC2)c1=O. The largest absolute Gasteiger partial charge is 0.497 e. The van der Waals surface area contributed by atoms with E-state index in [1.54, 1.807) is 13.3 Å². The molecular weight excluding hydrogens is 805 g/mol. The molecular formula is C51H60N8O5. The summed E-state index contributed by atoms with van der Waals surface area (Å²) in [6, 6.07) is 20.2. The maximum Gasteiger partial charge on any atom is 0.263 e. The fourth-order valence-corrected chi connectivity index (χ4v) is 10.7. The molecule has 1 atom stereocenters. The normalized spacial score (nSPS) is 19.1. The first-order valence-corrected chi connectivity index (χ1v) is 23.2. The van der Waals surface area contributed by atoms with Gasteiger partial charge in [0, 0.05) is 55.9 Å². The number of imide groups is 1. The molecule has 0 bridgehead atoms. The molecule has 4 fully saturated rings. The Labute approximate surface area is 375 Å². The van der Waals surface area contributed by atoms with Crippen LogP contribution in [0, 0.1) is 18.8 Å². The van der Waals surface area contributed by atoms with Crippen LogP contribution in [0.5, 0.6) is 5.75 Å². The minimum Gasteiger partial charge on any atom is -0.497 e. The third-order valence-electron chi connectivity index (χ3n) is 14.2. The Bertz CT molecular complexity index is 2550. The van der Waals surface area contributed by atoms with Gasteiger partial charge in [0.1, 0.15) is 23.0 Å². The minimum atomic E-state index is -0.325. The van der Waals surface area contributed by atoms with E-state index in [2.05, 4.69) is 50.9 Å². The molecule has 1 aliphatic carbocycles. The van der Waals surface area contributed by atoms with Gasteiger partial charge in [-0.3, -0.25) is 23.9 Å². The van der Waals surface area contributed by atoms with Crippen LogP contribution in [-0.4, -0.2) is 76.1 Å². The van der Waals surface area contributed by atoms with E-state index < -0.39 is 0 Å². The van der Waals surface area contributed by atoms with Crippen LogP contribution in [0.2, 0.25) is 0 Å². The van der Waals surface area contributed by atoms with E-state index in [4.69, 9.17) is 19.4 Å². The van der Waals surface area contributed by atoms with Crippen LogP contribution in [-0.2, 0) is 20.9 Å². The number of rotatable bonds is 13. The maximum atomic E-state index is 14.0. The third-order valence-corrected chi connectivity index (χ3v) is 14.2. The van der Waals surface area contributed by atoms with Gasteiger partial charge < -0.3 is 24.6 Å². The maximum absolute atomic E-state index is 14.0. The number of pyridine rings is 2. The molecule has 334 valence electrons. The van der Waals surface area contributed by atoms with Crippen molar-refractivity contribution >= 4 is 51.7 Å². The molecule has 1 N–H and O–H groups in total. The van der Waals surface area contributed by atoms with Crippen molar-refractivity contribution in [1.82, 2.24) is 24.4 Å². The molecule has 64 heavy (non-hydrogen) atoms. The number of likely N-dealkylation sites (tertiary alicyclic amines) is 1. The average Bonchev–Trinajstić information content (AvgIpc) is 3.86. The van der Waals surface area contributed by atoms with Crippen molar-refractivity contribution < 1.29 is 19.1 Å². The number of methoxy groups -OCH3 is 1. The molecule has 13 nitrogen and oxygen atoms in total. The highest BCUT2D eigenvalue weighted by molar-refractivity contribution is 6.01. The Hall–Kier alpha value is -6.24. The first-order valence-electron chi connectivity index (χ1n) is 23.2. The van der Waals surface area contributed by atoms with E-state index in [-0.39, 0.29) is 35.9 Å². The topological polar surface area (TPSA) is 135 Å². The first kappa shape index (κ1) is 43.0. The Morgan fingerprint density at radius 2 is 1.53 bits per heavy atom. The number of amides is 2. The van der Waals surface area contributed by atoms with E-state index >= 15 is 0 Å². The van der Waals surface area contributed by atoms with Crippen molar-refractivity contribution in [2.24, 2.45) is 11.8 Å². The summed E-state index contributed by atoms with van der Waals surface area (Å²) in [5.74, 6) is 3.02. The van der Waals surface area contributed by atoms with Crippen molar-refractivity contribution in [1.29, 1.82) is 0 Å². The van der Waals surface area contributed by atoms with Gasteiger partial charge in [-0.15, -0.1) is 0 Å². The van der Waals surface area contributed by atoms with Gasteiger partial charge >= 0.3 is 0 Å². The zero-order chi connectivity index (χ0) is 44.3. The number of carbonyl (C=O) groups excluding carboxylic acids is 2. The number of ether oxygens (including phenoxy) is 2. The van der Waals surface area contributed by atoms with E-state index in [0.717, 1.165) is 117 Å². The van der Waals surface area contributed by atoms with Gasteiger partial charge in [-0.25, -0.2) is 9.97 Å². The molecule has 1 saturated carbocycles. The lowest BCUT2D eigenvalue weighted by Gasteiger charge is -2.41. The van der Waals surface area contributed by atoms with Gasteiger partial charge in [0.25, 0.3) is 5.56 Å². The molecule has 1 unspecified atom stereocenters. The second-order valence-electron chi connectivity index (χ2n) is 17.9. The number of fused-ring (bicyclic) bond motifs is 1. The van der Waals surface area contributed by atoms with Crippen LogP contribution >= 0.6 is 0 Å². The fourth-order valence-electron chi connectivity index (χ4n) is 10.7. The van der Waals surface area contributed by atoms with Crippen molar-refractivity contribution in [2.75, 3.05) is 55.0 Å². The highest BCUT2D eigenvalue weighted by atomic mass is 16.5. The lowest BCUT2D eigenvalue weighted by molar-refractivity contribution is -0.150. The Balaban J connectivity index is 0.786. The summed E-state index contributed by atoms with van der Waals surface area (Å²) < 4.78 is 12.8. The number of benzene rings is 2. The van der Waals surface area contributed by atoms with Crippen molar-refractivity contribution in [3.05, 3.63) is 112 Å². The summed E-state index contributed by atoms with van der Waals surface area (Å²) in [6.07, 6.45) is 13.3. The van der Waals surface area contributed by atoms with Crippen LogP contribution in [0.4, 0.5) is 23.1 Å². The monoisotopic (exact) mass is 864 g/mol. The van der Waals surface area contributed by atoms with Crippen LogP contribution < -0.4 is 25.4 Å². The second-order valence-corrected chi connectivity index (χ2v) is 17.9. The van der Waals surface area contributed by atoms with Crippen LogP contribution in [0.1, 0.15) is 105 Å². The van der Waals surface area contributed by atoms with Gasteiger partial charge in [-0.05, 0) is 124 Å². The highest BCUT2D eigenvalue weighted by Crippen LogP contribution is 2.38. The molecule has 3 saturated heterocycles. The first-order chi connectivity index (χ1) is 31.2. The summed E-state index contributed by atoms with van der Waals surface area (Å²) in [7, 11) is 1.62. The summed E-state index contributed by atoms with van der Waals surface area (Å²) in [5.41, 5.74) is 5.96. The highest BCUT2D eigenvalue weighted by Gasteiger charge is 2.36. The standard InChI is InChI=1S/C51H60N8O5/c1-5-64-34(3)47-33(2)44-31-53-51(55-48(44)59(50(47)62)39-10-6-7-11-39)54-45-19-15-41(30-52-45)57-27-23-37(24-28-57)36-21-25-56(26-22-36)40-12-8-9-38(29-40)43-18-20-46(60)58(49(43)61)32-35-13-16-42(63-4)17-14-35/h8-9,12-17,19,29-31,36-37,39,43H,3,5-7,10-11,18,20-28,32H2,1-2,4H3,(H,52,53,54,55). The number of carbonyl (C=O) groups is 2. The summed E-state index contributed by atoms with van der Waals surface area (Å²) >= 11 is 0. The molecule has 5 aromatic rings. The molecule has 0 spiro atoms. The number of nitrogens with zero attached hydrogens (tertiary/aromatic N) is 7. The molecule has 2 aromatic carbocycles. The molecule has 3 aromatic heterocycles. The number of hydrogen-bond donors (Lipinski definition) is 1. The number of hydrogen-bond acceptors (Lipinski definition) is 11. The molecule has 3 aliphatic heterocycles. The van der Waals surface area contributed by atoms with Crippen LogP contribution in [0.15, 0.2) is 84.4 Å². The lowest BCUT2D eigenvalue weighted by Crippen LogP contribution is -2.43. The number of aryl methyl sites for hydroxylation is 1. The third kappa shape index (κ3) is 8.81.